The summed E-state index contributed by atoms with van der Waals surface area (Å²) in [4.78, 5) is 147. The molecular formula is C34H50N10O19. The molecule has 0 aliphatic carbocycles. The fourth-order valence-electron chi connectivity index (χ4n) is 6.77. The maximum Gasteiger partial charge on any atom is 0.336 e. The normalized spacial score (nSPS) is 16.0. The SMILES string of the molecule is COCN1C(=O)N(COC)C2C1N(COC)C(=O)N2COCCn1c(=O)n(CCO)c(=O)n(CCOC(=O)CCn2c(=O)n(CCC(=O)OC)c(=O)n(CCC(=O)OC)c2=O)c1=O. The highest BCUT2D eigenvalue weighted by Gasteiger charge is 2.59. The molecule has 4 amide bonds. The molecule has 2 aliphatic rings. The van der Waals surface area contributed by atoms with Gasteiger partial charge in [-0.05, 0) is 0 Å². The molecule has 29 heteroatoms. The number of nitrogens with zero attached hydrogens (tertiary/aromatic N) is 10. The van der Waals surface area contributed by atoms with Crippen LogP contribution in [-0.4, -0.2) is 177 Å². The second-order valence-electron chi connectivity index (χ2n) is 13.5. The highest BCUT2D eigenvalue weighted by Crippen LogP contribution is 2.34. The number of aromatic nitrogens is 6. The summed E-state index contributed by atoms with van der Waals surface area (Å²) in [6, 6.07) is -1.08. The summed E-state index contributed by atoms with van der Waals surface area (Å²) in [5.74, 6) is -2.57. The van der Waals surface area contributed by atoms with Gasteiger partial charge in [0.2, 0.25) is 0 Å². The van der Waals surface area contributed by atoms with E-state index < -0.39 is 155 Å². The van der Waals surface area contributed by atoms with E-state index in [4.69, 9.17) is 23.7 Å². The van der Waals surface area contributed by atoms with E-state index in [2.05, 4.69) is 9.47 Å². The van der Waals surface area contributed by atoms with Gasteiger partial charge in [-0.2, -0.15) is 0 Å². The Morgan fingerprint density at radius 1 is 0.444 bits per heavy atom. The van der Waals surface area contributed by atoms with Gasteiger partial charge in [-0.1, -0.05) is 0 Å². The number of aliphatic hydroxyl groups is 1. The van der Waals surface area contributed by atoms with Crippen molar-refractivity contribution in [1.29, 1.82) is 0 Å². The fourth-order valence-corrected chi connectivity index (χ4v) is 6.77. The average Bonchev–Trinajstić information content (AvgIpc) is 3.67. The molecule has 2 aromatic heterocycles. The number of rotatable bonds is 25. The molecule has 2 fully saturated rings. The van der Waals surface area contributed by atoms with Gasteiger partial charge in [0, 0.05) is 41.0 Å². The standard InChI is InChI=1S/C34H50N10O19/c1-57-18-41-25-26(43(20-59-3)33(41)55)44(34(56)42(25)19-58-2)21-62-16-13-39-30(52)38(12-15-45)31(53)40(32(39)54)14-17-63-24(48)8-11-37-28(50)35(9-6-22(46)60-4)27(49)36(29(37)51)10-7-23(47)61-5/h25-26,45H,6-21H2,1-5H3. The molecule has 0 bridgehead atoms. The van der Waals surface area contributed by atoms with Crippen molar-refractivity contribution in [1.82, 2.24) is 47.0 Å². The van der Waals surface area contributed by atoms with Crippen LogP contribution in [0.25, 0.3) is 0 Å². The minimum absolute atomic E-state index is 0.163. The topological polar surface area (TPSA) is 315 Å². The number of ether oxygens (including phenoxy) is 7. The van der Waals surface area contributed by atoms with Crippen LogP contribution in [0.2, 0.25) is 0 Å². The molecule has 2 atom stereocenters. The van der Waals surface area contributed by atoms with Gasteiger partial charge >= 0.3 is 64.1 Å². The Morgan fingerprint density at radius 3 is 1.11 bits per heavy atom. The van der Waals surface area contributed by atoms with Crippen LogP contribution >= 0.6 is 0 Å². The molecule has 2 saturated heterocycles. The Kier molecular flexibility index (Phi) is 17.7. The predicted octanol–water partition coefficient (Wildman–Crippen LogP) is -5.68. The van der Waals surface area contributed by atoms with Crippen LogP contribution in [0.3, 0.4) is 0 Å². The van der Waals surface area contributed by atoms with Gasteiger partial charge in [-0.3, -0.25) is 34.0 Å². The number of fused-ring (bicyclic) bond motifs is 1. The molecule has 63 heavy (non-hydrogen) atoms. The molecule has 4 rings (SSSR count). The second-order valence-corrected chi connectivity index (χ2v) is 13.5. The summed E-state index contributed by atoms with van der Waals surface area (Å²) < 4.78 is 39.0. The van der Waals surface area contributed by atoms with Gasteiger partial charge in [0.15, 0.2) is 12.3 Å². The summed E-state index contributed by atoms with van der Waals surface area (Å²) in [6.45, 7) is -5.90. The molecule has 0 spiro atoms. The van der Waals surface area contributed by atoms with E-state index in [1.807, 2.05) is 0 Å². The van der Waals surface area contributed by atoms with Crippen molar-refractivity contribution in [2.45, 2.75) is 70.9 Å². The van der Waals surface area contributed by atoms with Crippen LogP contribution in [0, 0.1) is 0 Å². The van der Waals surface area contributed by atoms with Crippen LogP contribution in [0.15, 0.2) is 28.8 Å². The van der Waals surface area contributed by atoms with Crippen LogP contribution in [0.1, 0.15) is 19.3 Å². The number of urea groups is 2. The molecule has 350 valence electrons. The molecular weight excluding hydrogens is 852 g/mol. The van der Waals surface area contributed by atoms with Crippen LogP contribution in [-0.2, 0) is 86.8 Å². The minimum atomic E-state index is -1.17. The molecule has 2 aliphatic heterocycles. The highest BCUT2D eigenvalue weighted by atomic mass is 16.5. The molecule has 0 saturated carbocycles. The summed E-state index contributed by atoms with van der Waals surface area (Å²) in [5, 5.41) is 9.57. The van der Waals surface area contributed by atoms with Gasteiger partial charge in [0.25, 0.3) is 0 Å². The Hall–Kier alpha value is -6.43. The largest absolute Gasteiger partial charge is 0.469 e. The highest BCUT2D eigenvalue weighted by molar-refractivity contribution is 5.85. The number of esters is 3. The van der Waals surface area contributed by atoms with Crippen molar-refractivity contribution in [3.8, 4) is 0 Å². The van der Waals surface area contributed by atoms with Crippen molar-refractivity contribution in [3.63, 3.8) is 0 Å². The molecule has 4 heterocycles. The third-order valence-corrected chi connectivity index (χ3v) is 9.77. The number of amides is 4. The maximum absolute atomic E-state index is 13.5. The Balaban J connectivity index is 1.47. The number of aliphatic hydroxyl groups excluding tert-OH is 1. The zero-order valence-electron chi connectivity index (χ0n) is 35.2. The van der Waals surface area contributed by atoms with Crippen LogP contribution < -0.4 is 34.1 Å². The number of carbonyl (C=O) groups excluding carboxylic acids is 5. The summed E-state index contributed by atoms with van der Waals surface area (Å²) in [5.41, 5.74) is -6.84. The Labute approximate surface area is 355 Å². The molecule has 1 N–H and O–H groups in total. The average molecular weight is 903 g/mol. The third kappa shape index (κ3) is 10.8. The van der Waals surface area contributed by atoms with E-state index in [9.17, 15) is 57.8 Å². The maximum atomic E-state index is 13.5. The van der Waals surface area contributed by atoms with Gasteiger partial charge in [0.05, 0.1) is 66.3 Å². The summed E-state index contributed by atoms with van der Waals surface area (Å²) in [7, 11) is 6.28. The van der Waals surface area contributed by atoms with Crippen molar-refractivity contribution in [2.24, 2.45) is 0 Å². The van der Waals surface area contributed by atoms with Gasteiger partial charge < -0.3 is 38.3 Å². The van der Waals surface area contributed by atoms with E-state index in [0.29, 0.717) is 27.4 Å². The quantitative estimate of drug-likeness (QED) is 0.0551. The Morgan fingerprint density at radius 2 is 0.762 bits per heavy atom. The number of methoxy groups -OCH3 is 5. The summed E-state index contributed by atoms with van der Waals surface area (Å²) >= 11 is 0. The second kappa shape index (κ2) is 22.6. The lowest BCUT2D eigenvalue weighted by atomic mass is 10.3. The van der Waals surface area contributed by atoms with Crippen molar-refractivity contribution < 1.29 is 62.2 Å². The van der Waals surface area contributed by atoms with Crippen molar-refractivity contribution >= 4 is 30.0 Å². The lowest BCUT2D eigenvalue weighted by molar-refractivity contribution is -0.144. The fraction of sp³-hybridized carbons (Fsp3) is 0.676. The zero-order valence-corrected chi connectivity index (χ0v) is 35.2. The van der Waals surface area contributed by atoms with E-state index >= 15 is 0 Å². The first-order valence-corrected chi connectivity index (χ1v) is 19.1. The lowest BCUT2D eigenvalue weighted by Gasteiger charge is -2.28. The molecule has 2 unspecified atom stereocenters. The number of hydrogen-bond donors (Lipinski definition) is 1. The van der Waals surface area contributed by atoms with Crippen molar-refractivity contribution in [3.05, 3.63) is 62.9 Å². The van der Waals surface area contributed by atoms with Gasteiger partial charge in [-0.15, -0.1) is 0 Å². The summed E-state index contributed by atoms with van der Waals surface area (Å²) in [6.07, 6.45) is -3.28. The van der Waals surface area contributed by atoms with E-state index in [0.717, 1.165) is 14.2 Å². The first-order valence-electron chi connectivity index (χ1n) is 19.1. The smallest absolute Gasteiger partial charge is 0.336 e. The molecule has 29 nitrogen and oxygen atoms in total. The zero-order chi connectivity index (χ0) is 46.5. The van der Waals surface area contributed by atoms with Gasteiger partial charge in [-0.25, -0.2) is 65.8 Å². The van der Waals surface area contributed by atoms with Crippen LogP contribution in [0.5, 0.6) is 0 Å². The van der Waals surface area contributed by atoms with Crippen LogP contribution in [0.4, 0.5) is 9.59 Å². The van der Waals surface area contributed by atoms with E-state index in [1.54, 1.807) is 0 Å². The van der Waals surface area contributed by atoms with E-state index in [1.165, 1.54) is 40.9 Å². The number of carbonyl (C=O) groups is 5. The first kappa shape index (κ1) is 49.2. The third-order valence-electron chi connectivity index (χ3n) is 9.77. The first-order chi connectivity index (χ1) is 30.1. The lowest BCUT2D eigenvalue weighted by Crippen LogP contribution is -2.55. The monoisotopic (exact) mass is 902 g/mol. The molecule has 0 aromatic carbocycles. The molecule has 2 aromatic rings. The number of hydrogen-bond acceptors (Lipinski definition) is 19. The predicted molar refractivity (Wildman–Crippen MR) is 207 cm³/mol. The van der Waals surface area contributed by atoms with Gasteiger partial charge in [0.1, 0.15) is 33.5 Å². The minimum Gasteiger partial charge on any atom is -0.469 e. The molecule has 0 radical (unpaired) electrons. The Bertz CT molecular complexity index is 2300. The van der Waals surface area contributed by atoms with Crippen molar-refractivity contribution in [2.75, 3.05) is 82.3 Å². The van der Waals surface area contributed by atoms with E-state index in [-0.39, 0.29) is 26.8 Å².